The lowest BCUT2D eigenvalue weighted by molar-refractivity contribution is -0.0349. The minimum absolute atomic E-state index is 0.0146. The number of nitrogens with one attached hydrogen (secondary N) is 1. The summed E-state index contributed by atoms with van der Waals surface area (Å²) in [4.78, 5) is 13.0. The minimum Gasteiger partial charge on any atom is -0.369 e. The predicted molar refractivity (Wildman–Crippen MR) is 114 cm³/mol. The zero-order valence-corrected chi connectivity index (χ0v) is 17.4. The third-order valence-electron chi connectivity index (χ3n) is 5.17. The summed E-state index contributed by atoms with van der Waals surface area (Å²) in [5, 5.41) is 4.21. The molecule has 1 N–H and O–H groups in total. The molecule has 1 aliphatic heterocycles. The zero-order valence-electron chi connectivity index (χ0n) is 16.6. The normalized spacial score (nSPS) is 17.6. The Kier molecular flexibility index (Phi) is 5.71. The van der Waals surface area contributed by atoms with Gasteiger partial charge in [-0.15, -0.1) is 11.3 Å². The van der Waals surface area contributed by atoms with Gasteiger partial charge in [-0.2, -0.15) is 0 Å². The van der Waals surface area contributed by atoms with Crippen LogP contribution in [0.2, 0.25) is 0 Å². The Labute approximate surface area is 170 Å². The fourth-order valence-corrected chi connectivity index (χ4v) is 4.21. The first-order chi connectivity index (χ1) is 13.6. The van der Waals surface area contributed by atoms with Crippen LogP contribution in [0, 0.1) is 20.8 Å². The average Bonchev–Trinajstić information content (AvgIpc) is 3.01. The van der Waals surface area contributed by atoms with Gasteiger partial charge in [-0.1, -0.05) is 30.3 Å². The van der Waals surface area contributed by atoms with E-state index in [4.69, 9.17) is 9.72 Å². The highest BCUT2D eigenvalue weighted by molar-refractivity contribution is 7.15. The van der Waals surface area contributed by atoms with Crippen LogP contribution in [0.3, 0.4) is 0 Å². The number of benzene rings is 1. The molecule has 1 atom stereocenters. The Bertz CT molecular complexity index is 936. The fourth-order valence-electron chi connectivity index (χ4n) is 3.39. The Morgan fingerprint density at radius 2 is 1.96 bits per heavy atom. The molecule has 5 nitrogen and oxygen atoms in total. The van der Waals surface area contributed by atoms with Gasteiger partial charge >= 0.3 is 0 Å². The van der Waals surface area contributed by atoms with Crippen LogP contribution in [0.15, 0.2) is 42.5 Å². The van der Waals surface area contributed by atoms with Crippen molar-refractivity contribution >= 4 is 22.3 Å². The summed E-state index contributed by atoms with van der Waals surface area (Å²) in [6, 6.07) is 14.6. The van der Waals surface area contributed by atoms with Crippen LogP contribution in [0.25, 0.3) is 0 Å². The molecule has 1 aliphatic rings. The van der Waals surface area contributed by atoms with Gasteiger partial charge in [-0.3, -0.25) is 4.90 Å². The SMILES string of the molecule is Cc1ccccc1CN1CCOC(c2cccc(Nc3nc(C)c(C)s3)n2)C1. The molecule has 0 radical (unpaired) electrons. The number of aromatic nitrogens is 2. The maximum atomic E-state index is 6.05. The average molecular weight is 395 g/mol. The quantitative estimate of drug-likeness (QED) is 0.675. The topological polar surface area (TPSA) is 50.3 Å². The summed E-state index contributed by atoms with van der Waals surface area (Å²) in [6.07, 6.45) is -0.0146. The Hall–Kier alpha value is -2.28. The van der Waals surface area contributed by atoms with Gasteiger partial charge in [-0.05, 0) is 44.0 Å². The molecule has 3 heterocycles. The number of thiazole rings is 1. The molecule has 1 aromatic carbocycles. The summed E-state index contributed by atoms with van der Waals surface area (Å²) in [7, 11) is 0. The maximum absolute atomic E-state index is 6.05. The molecule has 1 fully saturated rings. The highest BCUT2D eigenvalue weighted by atomic mass is 32.1. The van der Waals surface area contributed by atoms with Crippen LogP contribution in [0.1, 0.15) is 33.5 Å². The first-order valence-corrected chi connectivity index (χ1v) is 10.5. The molecule has 0 aliphatic carbocycles. The first kappa shape index (κ1) is 19.1. The molecule has 1 saturated heterocycles. The van der Waals surface area contributed by atoms with Gasteiger partial charge in [0.05, 0.1) is 18.0 Å². The van der Waals surface area contributed by atoms with Gasteiger partial charge < -0.3 is 10.1 Å². The molecular weight excluding hydrogens is 368 g/mol. The molecule has 0 amide bonds. The highest BCUT2D eigenvalue weighted by Crippen LogP contribution is 2.27. The van der Waals surface area contributed by atoms with Crippen molar-refractivity contribution in [1.29, 1.82) is 0 Å². The fraction of sp³-hybridized carbons (Fsp3) is 0.364. The third-order valence-corrected chi connectivity index (χ3v) is 6.16. The molecule has 146 valence electrons. The second-order valence-corrected chi connectivity index (χ2v) is 8.46. The minimum atomic E-state index is -0.0146. The second-order valence-electron chi connectivity index (χ2n) is 7.25. The summed E-state index contributed by atoms with van der Waals surface area (Å²) in [5.74, 6) is 0.811. The third kappa shape index (κ3) is 4.41. The van der Waals surface area contributed by atoms with E-state index in [0.29, 0.717) is 0 Å². The van der Waals surface area contributed by atoms with Crippen molar-refractivity contribution in [3.63, 3.8) is 0 Å². The molecule has 0 saturated carbocycles. The predicted octanol–water partition coefficient (Wildman–Crippen LogP) is 4.78. The molecule has 0 bridgehead atoms. The summed E-state index contributed by atoms with van der Waals surface area (Å²) >= 11 is 1.65. The number of morpholine rings is 1. The van der Waals surface area contributed by atoms with Crippen LogP contribution >= 0.6 is 11.3 Å². The van der Waals surface area contributed by atoms with E-state index in [0.717, 1.165) is 48.6 Å². The van der Waals surface area contributed by atoms with Gasteiger partial charge in [0.2, 0.25) is 0 Å². The van der Waals surface area contributed by atoms with Crippen molar-refractivity contribution in [2.75, 3.05) is 25.0 Å². The van der Waals surface area contributed by atoms with Crippen molar-refractivity contribution in [2.24, 2.45) is 0 Å². The second kappa shape index (κ2) is 8.39. The Balaban J connectivity index is 1.45. The molecule has 4 rings (SSSR count). The number of anilines is 2. The lowest BCUT2D eigenvalue weighted by Crippen LogP contribution is -2.38. The van der Waals surface area contributed by atoms with Crippen LogP contribution in [0.4, 0.5) is 10.9 Å². The number of aryl methyl sites for hydroxylation is 3. The first-order valence-electron chi connectivity index (χ1n) is 9.65. The largest absolute Gasteiger partial charge is 0.369 e. The molecule has 28 heavy (non-hydrogen) atoms. The van der Waals surface area contributed by atoms with Crippen LogP contribution < -0.4 is 5.32 Å². The maximum Gasteiger partial charge on any atom is 0.188 e. The smallest absolute Gasteiger partial charge is 0.188 e. The Morgan fingerprint density at radius 1 is 1.11 bits per heavy atom. The number of pyridine rings is 1. The van der Waals surface area contributed by atoms with Gasteiger partial charge in [0.1, 0.15) is 11.9 Å². The molecule has 6 heteroatoms. The van der Waals surface area contributed by atoms with Gasteiger partial charge in [0.15, 0.2) is 5.13 Å². The van der Waals surface area contributed by atoms with Crippen molar-refractivity contribution in [3.8, 4) is 0 Å². The number of ether oxygens (including phenoxy) is 1. The van der Waals surface area contributed by atoms with Gasteiger partial charge in [-0.25, -0.2) is 9.97 Å². The number of hydrogen-bond acceptors (Lipinski definition) is 6. The number of nitrogens with zero attached hydrogens (tertiary/aromatic N) is 3. The van der Waals surface area contributed by atoms with Crippen LogP contribution in [-0.2, 0) is 11.3 Å². The highest BCUT2D eigenvalue weighted by Gasteiger charge is 2.23. The lowest BCUT2D eigenvalue weighted by Gasteiger charge is -2.33. The molecule has 1 unspecified atom stereocenters. The summed E-state index contributed by atoms with van der Waals surface area (Å²) < 4.78 is 6.05. The molecule has 3 aromatic rings. The standard InChI is InChI=1S/C22H26N4OS/c1-15-7-4-5-8-18(15)13-26-11-12-27-20(14-26)19-9-6-10-21(24-19)25-22-23-16(2)17(3)28-22/h4-10,20H,11-14H2,1-3H3,(H,23,24,25). The lowest BCUT2D eigenvalue weighted by atomic mass is 10.1. The van der Waals surface area contributed by atoms with Crippen LogP contribution in [0.5, 0.6) is 0 Å². The van der Waals surface area contributed by atoms with E-state index in [2.05, 4.69) is 53.3 Å². The molecule has 2 aromatic heterocycles. The van der Waals surface area contributed by atoms with Gasteiger partial charge in [0, 0.05) is 24.5 Å². The number of hydrogen-bond donors (Lipinski definition) is 1. The molecular formula is C22H26N4OS. The Morgan fingerprint density at radius 3 is 2.75 bits per heavy atom. The van der Waals surface area contributed by atoms with E-state index < -0.39 is 0 Å². The summed E-state index contributed by atoms with van der Waals surface area (Å²) in [6.45, 7) is 9.75. The van der Waals surface area contributed by atoms with Crippen molar-refractivity contribution < 1.29 is 4.74 Å². The van der Waals surface area contributed by atoms with Gasteiger partial charge in [0.25, 0.3) is 0 Å². The van der Waals surface area contributed by atoms with Crippen molar-refractivity contribution in [1.82, 2.24) is 14.9 Å². The molecule has 0 spiro atoms. The van der Waals surface area contributed by atoms with Crippen molar-refractivity contribution in [2.45, 2.75) is 33.4 Å². The monoisotopic (exact) mass is 394 g/mol. The van der Waals surface area contributed by atoms with E-state index in [1.165, 1.54) is 16.0 Å². The van der Waals surface area contributed by atoms with Crippen molar-refractivity contribution in [3.05, 3.63) is 69.9 Å². The van der Waals surface area contributed by atoms with E-state index in [1.54, 1.807) is 11.3 Å². The van der Waals surface area contributed by atoms with E-state index in [9.17, 15) is 0 Å². The van der Waals surface area contributed by atoms with E-state index >= 15 is 0 Å². The number of rotatable bonds is 5. The van der Waals surface area contributed by atoms with Crippen LogP contribution in [-0.4, -0.2) is 34.6 Å². The van der Waals surface area contributed by atoms with E-state index in [1.807, 2.05) is 25.1 Å². The summed E-state index contributed by atoms with van der Waals surface area (Å²) in [5.41, 5.74) is 4.74. The zero-order chi connectivity index (χ0) is 19.5. The van der Waals surface area contributed by atoms with E-state index in [-0.39, 0.29) is 6.10 Å².